The number of rotatable bonds is 11. The molecule has 0 N–H and O–H groups in total. The molecule has 0 aliphatic carbocycles. The van der Waals surface area contributed by atoms with Crippen LogP contribution in [-0.2, 0) is 0 Å². The van der Waals surface area contributed by atoms with Gasteiger partial charge in [0, 0.05) is 0 Å². The smallest absolute Gasteiger partial charge is 0.0351 e. The molecule has 0 fully saturated rings. The van der Waals surface area contributed by atoms with E-state index >= 15 is 0 Å². The van der Waals surface area contributed by atoms with Crippen LogP contribution in [0.15, 0.2) is 24.3 Å². The van der Waals surface area contributed by atoms with Crippen LogP contribution in [0.2, 0.25) is 0 Å². The Morgan fingerprint density at radius 3 is 1.56 bits per heavy atom. The molecule has 0 atom stereocenters. The Kier molecular flexibility index (Phi) is 14.0. The van der Waals surface area contributed by atoms with E-state index in [-0.39, 0.29) is 0 Å². The first-order chi connectivity index (χ1) is 7.91. The summed E-state index contributed by atoms with van der Waals surface area (Å²) < 4.78 is 0. The van der Waals surface area contributed by atoms with Crippen LogP contribution in [0.5, 0.6) is 0 Å². The van der Waals surface area contributed by atoms with E-state index in [1.54, 1.807) is 0 Å². The van der Waals surface area contributed by atoms with Gasteiger partial charge in [-0.3, -0.25) is 0 Å². The van der Waals surface area contributed by atoms with E-state index in [0.717, 1.165) is 0 Å². The van der Waals surface area contributed by atoms with Gasteiger partial charge in [0.25, 0.3) is 0 Å². The van der Waals surface area contributed by atoms with Crippen LogP contribution in [-0.4, -0.2) is 0 Å². The highest BCUT2D eigenvalue weighted by atomic mass is 13.9. The van der Waals surface area contributed by atoms with E-state index in [1.165, 1.54) is 64.2 Å². The van der Waals surface area contributed by atoms with Crippen molar-refractivity contribution < 1.29 is 0 Å². The molecule has 0 aliphatic rings. The van der Waals surface area contributed by atoms with Crippen molar-refractivity contribution in [1.82, 2.24) is 0 Å². The highest BCUT2D eigenvalue weighted by molar-refractivity contribution is 4.83. The Bertz CT molecular complexity index is 165. The second-order valence-corrected chi connectivity index (χ2v) is 4.48. The number of unbranched alkanes of at least 4 members (excludes halogenated alkanes) is 7. The lowest BCUT2D eigenvalue weighted by molar-refractivity contribution is 0.673. The van der Waals surface area contributed by atoms with E-state index < -0.39 is 0 Å². The van der Waals surface area contributed by atoms with E-state index in [9.17, 15) is 0 Å². The largest absolute Gasteiger partial charge is 0.0888 e. The summed E-state index contributed by atoms with van der Waals surface area (Å²) in [7, 11) is 0. The molecule has 0 bridgehead atoms. The van der Waals surface area contributed by atoms with Crippen LogP contribution in [0.4, 0.5) is 0 Å². The van der Waals surface area contributed by atoms with Gasteiger partial charge in [-0.2, -0.15) is 0 Å². The fourth-order valence-corrected chi connectivity index (χ4v) is 1.73. The van der Waals surface area contributed by atoms with Crippen molar-refractivity contribution in [2.24, 2.45) is 0 Å². The third-order valence-electron chi connectivity index (χ3n) is 2.78. The van der Waals surface area contributed by atoms with Crippen LogP contribution in [0, 0.1) is 0 Å². The van der Waals surface area contributed by atoms with Crippen molar-refractivity contribution in [3.8, 4) is 0 Å². The first-order valence-electron chi connectivity index (χ1n) is 7.21. The number of hydrogen-bond acceptors (Lipinski definition) is 0. The Morgan fingerprint density at radius 1 is 0.562 bits per heavy atom. The first kappa shape index (κ1) is 15.5. The van der Waals surface area contributed by atoms with Gasteiger partial charge in [-0.15, -0.1) is 0 Å². The zero-order chi connectivity index (χ0) is 11.9. The molecule has 0 spiro atoms. The molecule has 0 saturated carbocycles. The van der Waals surface area contributed by atoms with Crippen LogP contribution >= 0.6 is 0 Å². The van der Waals surface area contributed by atoms with Gasteiger partial charge in [0.2, 0.25) is 0 Å². The van der Waals surface area contributed by atoms with E-state index in [4.69, 9.17) is 0 Å². The maximum atomic E-state index is 2.37. The normalized spacial score (nSPS) is 11.9. The lowest BCUT2D eigenvalue weighted by Crippen LogP contribution is -1.75. The zero-order valence-electron chi connectivity index (χ0n) is 11.4. The van der Waals surface area contributed by atoms with Gasteiger partial charge >= 0.3 is 0 Å². The summed E-state index contributed by atoms with van der Waals surface area (Å²) in [5, 5.41) is 0. The van der Waals surface area contributed by atoms with E-state index in [1.807, 2.05) is 0 Å². The Morgan fingerprint density at radius 2 is 1.06 bits per heavy atom. The van der Waals surface area contributed by atoms with Crippen molar-refractivity contribution in [3.63, 3.8) is 0 Å². The van der Waals surface area contributed by atoms with Gasteiger partial charge in [0.05, 0.1) is 0 Å². The molecule has 94 valence electrons. The predicted molar refractivity (Wildman–Crippen MR) is 75.8 cm³/mol. The van der Waals surface area contributed by atoms with E-state index in [2.05, 4.69) is 38.2 Å². The lowest BCUT2D eigenvalue weighted by atomic mass is 10.1. The highest BCUT2D eigenvalue weighted by Gasteiger charge is 1.85. The van der Waals surface area contributed by atoms with Gasteiger partial charge in [0.1, 0.15) is 0 Å². The van der Waals surface area contributed by atoms with Crippen molar-refractivity contribution in [2.45, 2.75) is 78.1 Å². The summed E-state index contributed by atoms with van der Waals surface area (Å²) in [5.41, 5.74) is 0. The molecule has 0 aliphatic heterocycles. The van der Waals surface area contributed by atoms with Gasteiger partial charge in [0.15, 0.2) is 0 Å². The number of allylic oxidation sites excluding steroid dienone is 4. The summed E-state index contributed by atoms with van der Waals surface area (Å²) in [5.74, 6) is 0. The molecule has 0 rings (SSSR count). The summed E-state index contributed by atoms with van der Waals surface area (Å²) in [6, 6.07) is 0. The average molecular weight is 222 g/mol. The first-order valence-corrected chi connectivity index (χ1v) is 7.21. The Hall–Kier alpha value is -0.520. The maximum absolute atomic E-state index is 2.37. The minimum Gasteiger partial charge on any atom is -0.0888 e. The molecular weight excluding hydrogens is 192 g/mol. The van der Waals surface area contributed by atoms with Crippen LogP contribution < -0.4 is 0 Å². The minimum atomic E-state index is 1.18. The summed E-state index contributed by atoms with van der Waals surface area (Å²) >= 11 is 0. The monoisotopic (exact) mass is 222 g/mol. The van der Waals surface area contributed by atoms with Crippen molar-refractivity contribution in [3.05, 3.63) is 24.3 Å². The number of hydrogen-bond donors (Lipinski definition) is 0. The minimum absolute atomic E-state index is 1.18. The van der Waals surface area contributed by atoms with Crippen molar-refractivity contribution in [1.29, 1.82) is 0 Å². The molecular formula is C16H30. The SMILES string of the molecule is CCC=CCCCCC=CCCCCCC. The van der Waals surface area contributed by atoms with Gasteiger partial charge in [-0.05, 0) is 44.9 Å². The second kappa shape index (κ2) is 14.5. The van der Waals surface area contributed by atoms with Gasteiger partial charge < -0.3 is 0 Å². The summed E-state index contributed by atoms with van der Waals surface area (Å²) in [6.45, 7) is 4.46. The fourth-order valence-electron chi connectivity index (χ4n) is 1.73. The van der Waals surface area contributed by atoms with Gasteiger partial charge in [-0.25, -0.2) is 0 Å². The topological polar surface area (TPSA) is 0 Å². The van der Waals surface area contributed by atoms with Crippen molar-refractivity contribution in [2.75, 3.05) is 0 Å². The molecule has 0 heteroatoms. The van der Waals surface area contributed by atoms with E-state index in [0.29, 0.717) is 0 Å². The average Bonchev–Trinajstić information content (AvgIpc) is 2.31. The predicted octanol–water partition coefficient (Wildman–Crippen LogP) is 6.04. The van der Waals surface area contributed by atoms with Crippen LogP contribution in [0.3, 0.4) is 0 Å². The zero-order valence-corrected chi connectivity index (χ0v) is 11.4. The van der Waals surface area contributed by atoms with Crippen LogP contribution in [0.1, 0.15) is 78.1 Å². The fraction of sp³-hybridized carbons (Fsp3) is 0.750. The third kappa shape index (κ3) is 13.5. The third-order valence-corrected chi connectivity index (χ3v) is 2.78. The molecule has 0 aromatic rings. The molecule has 0 amide bonds. The summed E-state index contributed by atoms with van der Waals surface area (Å²) in [6.07, 6.45) is 22.5. The molecule has 0 saturated heterocycles. The molecule has 0 aromatic carbocycles. The quantitative estimate of drug-likeness (QED) is 0.295. The van der Waals surface area contributed by atoms with Crippen molar-refractivity contribution >= 4 is 0 Å². The molecule has 0 nitrogen and oxygen atoms in total. The van der Waals surface area contributed by atoms with Gasteiger partial charge in [-0.1, -0.05) is 57.4 Å². The molecule has 16 heavy (non-hydrogen) atoms. The second-order valence-electron chi connectivity index (χ2n) is 4.48. The highest BCUT2D eigenvalue weighted by Crippen LogP contribution is 2.05. The standard InChI is InChI=1S/C16H30/c1-3-5-7-9-11-13-15-16-14-12-10-8-6-4-2/h5,7,14,16H,3-4,6,8-13,15H2,1-2H3. The molecule has 0 aromatic heterocycles. The lowest BCUT2D eigenvalue weighted by Gasteiger charge is -1.95. The Balaban J connectivity index is 3.06. The summed E-state index contributed by atoms with van der Waals surface area (Å²) in [4.78, 5) is 0. The molecule has 0 unspecified atom stereocenters. The molecule has 0 radical (unpaired) electrons. The molecule has 0 heterocycles. The maximum Gasteiger partial charge on any atom is -0.0351 e. The Labute approximate surface area is 103 Å². The van der Waals surface area contributed by atoms with Crippen LogP contribution in [0.25, 0.3) is 0 Å².